The lowest BCUT2D eigenvalue weighted by molar-refractivity contribution is 0.0706. The highest BCUT2D eigenvalue weighted by Gasteiger charge is 2.20. The normalized spacial score (nSPS) is 10.8. The lowest BCUT2D eigenvalue weighted by Gasteiger charge is -2.27. The van der Waals surface area contributed by atoms with E-state index in [-0.39, 0.29) is 11.9 Å². The molecule has 0 unspecified atom stereocenters. The molecule has 100 valence electrons. The van der Waals surface area contributed by atoms with Crippen molar-refractivity contribution in [3.63, 3.8) is 0 Å². The van der Waals surface area contributed by atoms with Crippen molar-refractivity contribution in [2.45, 2.75) is 33.2 Å². The summed E-state index contributed by atoms with van der Waals surface area (Å²) in [4.78, 5) is 14.4. The fourth-order valence-corrected chi connectivity index (χ4v) is 2.69. The number of alkyl halides is 1. The van der Waals surface area contributed by atoms with E-state index in [0.717, 1.165) is 33.9 Å². The summed E-state index contributed by atoms with van der Waals surface area (Å²) in [6.45, 7) is 6.90. The first-order valence-corrected chi connectivity index (χ1v) is 8.02. The van der Waals surface area contributed by atoms with Crippen LogP contribution in [0, 0.1) is 6.92 Å². The van der Waals surface area contributed by atoms with E-state index < -0.39 is 0 Å². The number of hydrogen-bond acceptors (Lipinski definition) is 1. The van der Waals surface area contributed by atoms with Gasteiger partial charge in [-0.25, -0.2) is 0 Å². The number of halogens is 2. The van der Waals surface area contributed by atoms with E-state index in [1.807, 2.05) is 43.9 Å². The molecule has 0 aliphatic heterocycles. The summed E-state index contributed by atoms with van der Waals surface area (Å²) in [6.07, 6.45) is 0.966. The van der Waals surface area contributed by atoms with Gasteiger partial charge in [0.05, 0.1) is 5.56 Å². The maximum Gasteiger partial charge on any atom is 0.255 e. The van der Waals surface area contributed by atoms with Crippen LogP contribution in [0.3, 0.4) is 0 Å². The van der Waals surface area contributed by atoms with Crippen LogP contribution in [-0.4, -0.2) is 28.7 Å². The molecule has 4 heteroatoms. The maximum absolute atomic E-state index is 12.5. The van der Waals surface area contributed by atoms with Crippen LogP contribution in [0.1, 0.15) is 36.2 Å². The Morgan fingerprint density at radius 2 is 2.06 bits per heavy atom. The maximum atomic E-state index is 12.5. The van der Waals surface area contributed by atoms with Crippen LogP contribution in [0.25, 0.3) is 0 Å². The average Bonchev–Trinajstić information content (AvgIpc) is 2.28. The Bertz CT molecular complexity index is 418. The Hall–Kier alpha value is -0.350. The van der Waals surface area contributed by atoms with Gasteiger partial charge in [-0.2, -0.15) is 0 Å². The quantitative estimate of drug-likeness (QED) is 0.697. The van der Waals surface area contributed by atoms with Gasteiger partial charge in [0.1, 0.15) is 0 Å². The Morgan fingerprint density at radius 3 is 2.56 bits per heavy atom. The lowest BCUT2D eigenvalue weighted by atomic mass is 10.1. The van der Waals surface area contributed by atoms with Crippen molar-refractivity contribution in [2.24, 2.45) is 0 Å². The van der Waals surface area contributed by atoms with Crippen molar-refractivity contribution in [3.05, 3.63) is 33.8 Å². The lowest BCUT2D eigenvalue weighted by Crippen LogP contribution is -2.38. The molecule has 2 nitrogen and oxygen atoms in total. The van der Waals surface area contributed by atoms with Gasteiger partial charge in [-0.15, -0.1) is 0 Å². The second kappa shape index (κ2) is 7.29. The van der Waals surface area contributed by atoms with Crippen molar-refractivity contribution >= 4 is 37.8 Å². The van der Waals surface area contributed by atoms with Crippen LogP contribution in [0.5, 0.6) is 0 Å². The highest BCUT2D eigenvalue weighted by molar-refractivity contribution is 9.10. The van der Waals surface area contributed by atoms with Gasteiger partial charge in [0.15, 0.2) is 0 Å². The number of hydrogen-bond donors (Lipinski definition) is 0. The van der Waals surface area contributed by atoms with Crippen molar-refractivity contribution in [2.75, 3.05) is 11.9 Å². The predicted molar refractivity (Wildman–Crippen MR) is 83.5 cm³/mol. The summed E-state index contributed by atoms with van der Waals surface area (Å²) in [5.74, 6) is 0.0952. The molecule has 0 aliphatic carbocycles. The average molecular weight is 377 g/mol. The summed E-state index contributed by atoms with van der Waals surface area (Å²) < 4.78 is 0.872. The minimum atomic E-state index is 0.0952. The van der Waals surface area contributed by atoms with Gasteiger partial charge in [-0.05, 0) is 60.8 Å². The molecule has 0 heterocycles. The molecule has 0 N–H and O–H groups in total. The first-order valence-electron chi connectivity index (χ1n) is 6.10. The highest BCUT2D eigenvalue weighted by Crippen LogP contribution is 2.21. The Balaban J connectivity index is 2.94. The van der Waals surface area contributed by atoms with Crippen LogP contribution in [-0.2, 0) is 0 Å². The highest BCUT2D eigenvalue weighted by atomic mass is 79.9. The molecule has 1 rings (SSSR count). The number of carbonyl (C=O) groups excluding carboxylic acids is 1. The van der Waals surface area contributed by atoms with E-state index in [9.17, 15) is 4.79 Å². The third-order valence-electron chi connectivity index (χ3n) is 2.77. The van der Waals surface area contributed by atoms with Crippen LogP contribution >= 0.6 is 31.9 Å². The summed E-state index contributed by atoms with van der Waals surface area (Å²) >= 11 is 6.89. The number of benzene rings is 1. The molecule has 1 aromatic rings. The van der Waals surface area contributed by atoms with Gasteiger partial charge < -0.3 is 4.90 Å². The van der Waals surface area contributed by atoms with Gasteiger partial charge in [0.2, 0.25) is 0 Å². The third kappa shape index (κ3) is 4.09. The largest absolute Gasteiger partial charge is 0.336 e. The summed E-state index contributed by atoms with van der Waals surface area (Å²) in [5, 5.41) is 0.915. The van der Waals surface area contributed by atoms with Crippen LogP contribution in [0.15, 0.2) is 22.7 Å². The molecule has 0 bridgehead atoms. The molecule has 18 heavy (non-hydrogen) atoms. The van der Waals surface area contributed by atoms with Gasteiger partial charge in [0.25, 0.3) is 5.91 Å². The monoisotopic (exact) mass is 375 g/mol. The molecule has 0 fully saturated rings. The zero-order chi connectivity index (χ0) is 13.7. The van der Waals surface area contributed by atoms with E-state index >= 15 is 0 Å². The molecular weight excluding hydrogens is 358 g/mol. The Kier molecular flexibility index (Phi) is 6.36. The molecule has 1 aromatic carbocycles. The molecule has 0 spiro atoms. The van der Waals surface area contributed by atoms with Crippen molar-refractivity contribution in [1.29, 1.82) is 0 Å². The molecular formula is C14H19Br2NO. The van der Waals surface area contributed by atoms with Gasteiger partial charge >= 0.3 is 0 Å². The molecule has 1 amide bonds. The number of carbonyl (C=O) groups is 1. The first-order chi connectivity index (χ1) is 8.47. The molecule has 0 aromatic heterocycles. The minimum Gasteiger partial charge on any atom is -0.336 e. The van der Waals surface area contributed by atoms with Crippen LogP contribution in [0.4, 0.5) is 0 Å². The number of amides is 1. The number of aryl methyl sites for hydroxylation is 1. The van der Waals surface area contributed by atoms with E-state index in [1.165, 1.54) is 0 Å². The SMILES string of the molecule is Cc1ccc(C(=O)N(CCCBr)C(C)C)c(Br)c1. The van der Waals surface area contributed by atoms with E-state index in [2.05, 4.69) is 31.9 Å². The standard InChI is InChI=1S/C14H19Br2NO/c1-10(2)17(8-4-7-15)14(18)12-6-5-11(3)9-13(12)16/h5-6,9-10H,4,7-8H2,1-3H3. The van der Waals surface area contributed by atoms with Gasteiger partial charge in [-0.1, -0.05) is 22.0 Å². The fourth-order valence-electron chi connectivity index (χ4n) is 1.77. The van der Waals surface area contributed by atoms with Crippen molar-refractivity contribution < 1.29 is 4.79 Å². The molecule has 0 radical (unpaired) electrons. The summed E-state index contributed by atoms with van der Waals surface area (Å²) in [5.41, 5.74) is 1.89. The summed E-state index contributed by atoms with van der Waals surface area (Å²) in [6, 6.07) is 6.06. The van der Waals surface area contributed by atoms with Crippen molar-refractivity contribution in [1.82, 2.24) is 4.90 Å². The second-order valence-corrected chi connectivity index (χ2v) is 6.27. The van der Waals surface area contributed by atoms with Crippen LogP contribution in [0.2, 0.25) is 0 Å². The number of nitrogens with zero attached hydrogens (tertiary/aromatic N) is 1. The van der Waals surface area contributed by atoms with Crippen LogP contribution < -0.4 is 0 Å². The predicted octanol–water partition coefficient (Wildman–Crippen LogP) is 4.39. The fraction of sp³-hybridized carbons (Fsp3) is 0.500. The molecule has 0 aliphatic rings. The molecule has 0 atom stereocenters. The smallest absolute Gasteiger partial charge is 0.255 e. The molecule has 0 saturated carbocycles. The van der Waals surface area contributed by atoms with E-state index in [0.29, 0.717) is 0 Å². The van der Waals surface area contributed by atoms with E-state index in [1.54, 1.807) is 0 Å². The van der Waals surface area contributed by atoms with E-state index in [4.69, 9.17) is 0 Å². The zero-order valence-electron chi connectivity index (χ0n) is 11.0. The number of rotatable bonds is 5. The minimum absolute atomic E-state index is 0.0952. The van der Waals surface area contributed by atoms with Crippen molar-refractivity contribution in [3.8, 4) is 0 Å². The third-order valence-corrected chi connectivity index (χ3v) is 3.99. The first kappa shape index (κ1) is 15.7. The van der Waals surface area contributed by atoms with Gasteiger partial charge in [0, 0.05) is 22.4 Å². The topological polar surface area (TPSA) is 20.3 Å². The Labute approximate surface area is 126 Å². The second-order valence-electron chi connectivity index (χ2n) is 4.62. The summed E-state index contributed by atoms with van der Waals surface area (Å²) in [7, 11) is 0. The Morgan fingerprint density at radius 1 is 1.39 bits per heavy atom. The zero-order valence-corrected chi connectivity index (χ0v) is 14.2. The molecule has 0 saturated heterocycles. The van der Waals surface area contributed by atoms with Gasteiger partial charge in [-0.3, -0.25) is 4.79 Å².